The highest BCUT2D eigenvalue weighted by molar-refractivity contribution is 7.16. The predicted molar refractivity (Wildman–Crippen MR) is 113 cm³/mol. The third kappa shape index (κ3) is 4.32. The van der Waals surface area contributed by atoms with Crippen molar-refractivity contribution >= 4 is 22.4 Å². The van der Waals surface area contributed by atoms with E-state index in [9.17, 15) is 9.90 Å². The fourth-order valence-corrected chi connectivity index (χ4v) is 5.37. The van der Waals surface area contributed by atoms with Crippen LogP contribution in [-0.4, -0.2) is 33.5 Å². The second kappa shape index (κ2) is 8.52. The van der Waals surface area contributed by atoms with E-state index in [4.69, 9.17) is 0 Å². The van der Waals surface area contributed by atoms with Gasteiger partial charge >= 0.3 is 0 Å². The van der Waals surface area contributed by atoms with Gasteiger partial charge in [-0.1, -0.05) is 54.9 Å². The Hall–Kier alpha value is -2.08. The molecule has 1 aliphatic heterocycles. The molecule has 6 heteroatoms. The molecule has 1 fully saturated rings. The second-order valence-corrected chi connectivity index (χ2v) is 9.19. The molecule has 0 bridgehead atoms. The standard InChI is InChI=1S/C22H29N3O2S/c1-15(16-7-3-2-4-8-16)23-22-24-21(27)19(28-22)13-20(26)25-12-11-17-9-5-6-10-18(17)14-25/h5-6,9-10,15-16,27H,2-4,7-8,11-14H2,1H3,(H,23,24)/t15-/m0/s1. The number of fused-ring (bicyclic) bond motifs is 1. The Morgan fingerprint density at radius 2 is 2.04 bits per heavy atom. The van der Waals surface area contributed by atoms with Crippen molar-refractivity contribution in [2.75, 3.05) is 11.9 Å². The molecule has 0 spiro atoms. The van der Waals surface area contributed by atoms with Crippen LogP contribution in [0.5, 0.6) is 5.88 Å². The Morgan fingerprint density at radius 1 is 1.29 bits per heavy atom. The summed E-state index contributed by atoms with van der Waals surface area (Å²) in [5.41, 5.74) is 2.55. The highest BCUT2D eigenvalue weighted by atomic mass is 32.1. The highest BCUT2D eigenvalue weighted by Crippen LogP contribution is 2.33. The number of aromatic hydroxyl groups is 1. The fraction of sp³-hybridized carbons (Fsp3) is 0.545. The zero-order chi connectivity index (χ0) is 19.5. The smallest absolute Gasteiger partial charge is 0.228 e. The molecule has 1 aromatic carbocycles. The number of aromatic nitrogens is 1. The van der Waals surface area contributed by atoms with Crippen molar-refractivity contribution in [3.63, 3.8) is 0 Å². The Bertz CT molecular complexity index is 829. The summed E-state index contributed by atoms with van der Waals surface area (Å²) in [6, 6.07) is 8.64. The first-order valence-corrected chi connectivity index (χ1v) is 11.2. The molecule has 0 saturated heterocycles. The minimum atomic E-state index is -0.00546. The number of benzene rings is 1. The topological polar surface area (TPSA) is 65.5 Å². The molecule has 0 radical (unpaired) electrons. The molecule has 2 aliphatic rings. The molecule has 4 rings (SSSR count). The van der Waals surface area contributed by atoms with E-state index in [2.05, 4.69) is 35.4 Å². The molecule has 2 aromatic rings. The number of hydrogen-bond acceptors (Lipinski definition) is 5. The average Bonchev–Trinajstić information content (AvgIpc) is 3.06. The van der Waals surface area contributed by atoms with Crippen molar-refractivity contribution in [3.05, 3.63) is 40.3 Å². The van der Waals surface area contributed by atoms with Crippen LogP contribution in [0, 0.1) is 5.92 Å². The van der Waals surface area contributed by atoms with E-state index in [1.54, 1.807) is 0 Å². The van der Waals surface area contributed by atoms with Gasteiger partial charge in [-0.25, -0.2) is 0 Å². The van der Waals surface area contributed by atoms with Crippen LogP contribution in [0.15, 0.2) is 24.3 Å². The molecule has 1 saturated carbocycles. The fourth-order valence-electron chi connectivity index (χ4n) is 4.43. The lowest BCUT2D eigenvalue weighted by atomic mass is 9.85. The minimum absolute atomic E-state index is 0.00546. The second-order valence-electron chi connectivity index (χ2n) is 8.11. The van der Waals surface area contributed by atoms with Gasteiger partial charge in [0.15, 0.2) is 5.13 Å². The first-order chi connectivity index (χ1) is 13.6. The van der Waals surface area contributed by atoms with Gasteiger partial charge in [-0.3, -0.25) is 4.79 Å². The normalized spacial score (nSPS) is 18.5. The molecule has 150 valence electrons. The van der Waals surface area contributed by atoms with E-state index >= 15 is 0 Å². The molecule has 0 unspecified atom stereocenters. The summed E-state index contributed by atoms with van der Waals surface area (Å²) < 4.78 is 0. The highest BCUT2D eigenvalue weighted by Gasteiger charge is 2.24. The number of nitrogens with zero attached hydrogens (tertiary/aromatic N) is 2. The molecule has 1 atom stereocenters. The van der Waals surface area contributed by atoms with Crippen molar-refractivity contribution in [1.29, 1.82) is 0 Å². The number of nitrogens with one attached hydrogen (secondary N) is 1. The minimum Gasteiger partial charge on any atom is -0.492 e. The van der Waals surface area contributed by atoms with Crippen LogP contribution in [0.2, 0.25) is 0 Å². The molecule has 5 nitrogen and oxygen atoms in total. The van der Waals surface area contributed by atoms with Crippen LogP contribution in [0.4, 0.5) is 5.13 Å². The SMILES string of the molecule is C[C@H](Nc1nc(O)c(CC(=O)N2CCc3ccccc3C2)s1)C1CCCCC1. The Morgan fingerprint density at radius 3 is 2.82 bits per heavy atom. The predicted octanol–water partition coefficient (Wildman–Crippen LogP) is 4.36. The van der Waals surface area contributed by atoms with E-state index in [1.165, 1.54) is 54.6 Å². The molecule has 1 amide bonds. The molecule has 28 heavy (non-hydrogen) atoms. The van der Waals surface area contributed by atoms with E-state index in [0.717, 1.165) is 18.1 Å². The summed E-state index contributed by atoms with van der Waals surface area (Å²) >= 11 is 1.41. The number of carbonyl (C=O) groups excluding carboxylic acids is 1. The summed E-state index contributed by atoms with van der Waals surface area (Å²) in [7, 11) is 0. The number of rotatable bonds is 5. The van der Waals surface area contributed by atoms with Gasteiger partial charge in [0.25, 0.3) is 0 Å². The Labute approximate surface area is 170 Å². The van der Waals surface area contributed by atoms with Gasteiger partial charge in [0, 0.05) is 19.1 Å². The average molecular weight is 400 g/mol. The number of thiazole rings is 1. The number of hydrogen-bond donors (Lipinski definition) is 2. The van der Waals surface area contributed by atoms with Crippen LogP contribution in [0.25, 0.3) is 0 Å². The van der Waals surface area contributed by atoms with Crippen LogP contribution in [0.1, 0.15) is 55.0 Å². The van der Waals surface area contributed by atoms with Crippen molar-refractivity contribution in [2.45, 2.75) is 64.5 Å². The lowest BCUT2D eigenvalue weighted by Gasteiger charge is -2.28. The van der Waals surface area contributed by atoms with Crippen molar-refractivity contribution in [3.8, 4) is 5.88 Å². The van der Waals surface area contributed by atoms with Crippen LogP contribution >= 0.6 is 11.3 Å². The number of amides is 1. The van der Waals surface area contributed by atoms with Gasteiger partial charge in [0.05, 0.1) is 11.3 Å². The van der Waals surface area contributed by atoms with Gasteiger partial charge in [0.1, 0.15) is 0 Å². The van der Waals surface area contributed by atoms with Crippen LogP contribution < -0.4 is 5.32 Å². The first kappa shape index (κ1) is 19.2. The van der Waals surface area contributed by atoms with Crippen molar-refractivity contribution in [1.82, 2.24) is 9.88 Å². The molecular weight excluding hydrogens is 370 g/mol. The van der Waals surface area contributed by atoms with Crippen molar-refractivity contribution in [2.24, 2.45) is 5.92 Å². The van der Waals surface area contributed by atoms with E-state index in [1.807, 2.05) is 11.0 Å². The number of anilines is 1. The van der Waals surface area contributed by atoms with Crippen LogP contribution in [0.3, 0.4) is 0 Å². The summed E-state index contributed by atoms with van der Waals surface area (Å²) in [6.45, 7) is 3.59. The maximum absolute atomic E-state index is 12.8. The molecule has 2 N–H and O–H groups in total. The van der Waals surface area contributed by atoms with Gasteiger partial charge < -0.3 is 15.3 Å². The van der Waals surface area contributed by atoms with Gasteiger partial charge in [0.2, 0.25) is 11.8 Å². The van der Waals surface area contributed by atoms with E-state index in [-0.39, 0.29) is 18.2 Å². The van der Waals surface area contributed by atoms with E-state index < -0.39 is 0 Å². The lowest BCUT2D eigenvalue weighted by Crippen LogP contribution is -2.36. The molecule has 1 aliphatic carbocycles. The maximum Gasteiger partial charge on any atom is 0.228 e. The molecular formula is C22H29N3O2S. The zero-order valence-electron chi connectivity index (χ0n) is 16.5. The summed E-state index contributed by atoms with van der Waals surface area (Å²) in [5.74, 6) is 0.715. The summed E-state index contributed by atoms with van der Waals surface area (Å²) in [6.07, 6.45) is 7.57. The molecule has 2 heterocycles. The quantitative estimate of drug-likeness (QED) is 0.784. The maximum atomic E-state index is 12.8. The van der Waals surface area contributed by atoms with Gasteiger partial charge in [-0.05, 0) is 43.2 Å². The first-order valence-electron chi connectivity index (χ1n) is 10.4. The molecule has 1 aromatic heterocycles. The van der Waals surface area contributed by atoms with Crippen LogP contribution in [-0.2, 0) is 24.2 Å². The zero-order valence-corrected chi connectivity index (χ0v) is 17.3. The Kier molecular flexibility index (Phi) is 5.85. The largest absolute Gasteiger partial charge is 0.492 e. The third-order valence-electron chi connectivity index (χ3n) is 6.18. The summed E-state index contributed by atoms with van der Waals surface area (Å²) in [5, 5.41) is 14.4. The van der Waals surface area contributed by atoms with E-state index in [0.29, 0.717) is 23.4 Å². The van der Waals surface area contributed by atoms with Crippen molar-refractivity contribution < 1.29 is 9.90 Å². The summed E-state index contributed by atoms with van der Waals surface area (Å²) in [4.78, 5) is 19.6. The van der Waals surface area contributed by atoms with Gasteiger partial charge in [-0.2, -0.15) is 4.98 Å². The number of carbonyl (C=O) groups is 1. The third-order valence-corrected chi connectivity index (χ3v) is 7.16. The monoisotopic (exact) mass is 399 g/mol. The lowest BCUT2D eigenvalue weighted by molar-refractivity contribution is -0.131. The Balaban J connectivity index is 1.36. The van der Waals surface area contributed by atoms with Gasteiger partial charge in [-0.15, -0.1) is 0 Å².